The summed E-state index contributed by atoms with van der Waals surface area (Å²) in [5, 5.41) is 10.0. The van der Waals surface area contributed by atoms with E-state index in [0.717, 1.165) is 0 Å². The Kier molecular flexibility index (Phi) is 4.01. The molecule has 23 heavy (non-hydrogen) atoms. The van der Waals surface area contributed by atoms with Gasteiger partial charge in [-0.15, -0.1) is 10.2 Å². The minimum atomic E-state index is -0.614. The maximum atomic E-state index is 13.1. The highest BCUT2D eigenvalue weighted by Crippen LogP contribution is 2.22. The molecule has 0 bridgehead atoms. The van der Waals surface area contributed by atoms with Crippen LogP contribution in [0.4, 0.5) is 10.1 Å². The van der Waals surface area contributed by atoms with Crippen LogP contribution in [0.25, 0.3) is 11.5 Å². The number of carbonyl (C=O) groups excluding carboxylic acids is 1. The van der Waals surface area contributed by atoms with Crippen molar-refractivity contribution < 1.29 is 18.3 Å². The van der Waals surface area contributed by atoms with Crippen molar-refractivity contribution >= 4 is 11.6 Å². The van der Waals surface area contributed by atoms with Gasteiger partial charge in [0.25, 0.3) is 0 Å². The van der Waals surface area contributed by atoms with E-state index in [1.54, 1.807) is 37.4 Å². The largest absolute Gasteiger partial charge is 0.497 e. The molecule has 3 aromatic rings. The summed E-state index contributed by atoms with van der Waals surface area (Å²) in [7, 11) is 1.55. The molecule has 7 heteroatoms. The zero-order valence-electron chi connectivity index (χ0n) is 12.1. The molecule has 0 aliphatic carbocycles. The fourth-order valence-electron chi connectivity index (χ4n) is 1.94. The normalized spacial score (nSPS) is 10.3. The summed E-state index contributed by atoms with van der Waals surface area (Å²) in [6, 6.07) is 12.5. The molecule has 1 aromatic heterocycles. The van der Waals surface area contributed by atoms with Gasteiger partial charge in [-0.05, 0) is 36.4 Å². The first-order valence-electron chi connectivity index (χ1n) is 6.70. The van der Waals surface area contributed by atoms with Crippen LogP contribution in [-0.4, -0.2) is 23.2 Å². The second-order valence-corrected chi connectivity index (χ2v) is 4.61. The van der Waals surface area contributed by atoms with Gasteiger partial charge in [0.2, 0.25) is 5.89 Å². The topological polar surface area (TPSA) is 77.2 Å². The van der Waals surface area contributed by atoms with Gasteiger partial charge in [0.05, 0.1) is 7.11 Å². The Labute approximate surface area is 130 Å². The second kappa shape index (κ2) is 6.27. The second-order valence-electron chi connectivity index (χ2n) is 4.61. The molecule has 2 aromatic carbocycles. The van der Waals surface area contributed by atoms with Crippen molar-refractivity contribution in [3.05, 3.63) is 60.2 Å². The van der Waals surface area contributed by atoms with Crippen molar-refractivity contribution in [3.8, 4) is 17.2 Å². The molecule has 0 spiro atoms. The molecule has 0 radical (unpaired) electrons. The summed E-state index contributed by atoms with van der Waals surface area (Å²) >= 11 is 0. The number of carbonyl (C=O) groups is 1. The van der Waals surface area contributed by atoms with Crippen LogP contribution in [0.3, 0.4) is 0 Å². The number of hydrogen-bond donors (Lipinski definition) is 1. The van der Waals surface area contributed by atoms with Gasteiger partial charge in [0, 0.05) is 11.3 Å². The molecule has 0 aliphatic heterocycles. The molecule has 0 unspecified atom stereocenters. The summed E-state index contributed by atoms with van der Waals surface area (Å²) in [4.78, 5) is 12.0. The van der Waals surface area contributed by atoms with Gasteiger partial charge >= 0.3 is 11.8 Å². The fraction of sp³-hybridized carbons (Fsp3) is 0.0625. The Balaban J connectivity index is 1.79. The first kappa shape index (κ1) is 14.7. The van der Waals surface area contributed by atoms with Crippen molar-refractivity contribution in [2.45, 2.75) is 0 Å². The molecule has 1 amide bonds. The lowest BCUT2D eigenvalue weighted by Crippen LogP contribution is -2.12. The summed E-state index contributed by atoms with van der Waals surface area (Å²) in [5.74, 6) is -0.463. The van der Waals surface area contributed by atoms with E-state index in [2.05, 4.69) is 15.5 Å². The lowest BCUT2D eigenvalue weighted by molar-refractivity contribution is 0.0991. The summed E-state index contributed by atoms with van der Waals surface area (Å²) in [6.45, 7) is 0. The minimum absolute atomic E-state index is 0.188. The number of rotatable bonds is 4. The van der Waals surface area contributed by atoms with E-state index in [1.807, 2.05) is 0 Å². The van der Waals surface area contributed by atoms with E-state index < -0.39 is 11.7 Å². The van der Waals surface area contributed by atoms with Crippen LogP contribution in [0, 0.1) is 5.82 Å². The zero-order valence-corrected chi connectivity index (χ0v) is 12.1. The molecule has 6 nitrogen and oxygen atoms in total. The van der Waals surface area contributed by atoms with Crippen molar-refractivity contribution in [1.82, 2.24) is 10.2 Å². The molecule has 0 saturated carbocycles. The average molecular weight is 313 g/mol. The number of ether oxygens (including phenoxy) is 1. The maximum Gasteiger partial charge on any atom is 0.313 e. The van der Waals surface area contributed by atoms with E-state index in [1.165, 1.54) is 18.2 Å². The van der Waals surface area contributed by atoms with Gasteiger partial charge in [-0.1, -0.05) is 12.1 Å². The molecule has 1 N–H and O–H groups in total. The number of anilines is 1. The van der Waals surface area contributed by atoms with Crippen LogP contribution < -0.4 is 10.1 Å². The quantitative estimate of drug-likeness (QED) is 0.800. The Hall–Kier alpha value is -3.22. The van der Waals surface area contributed by atoms with Gasteiger partial charge in [-0.25, -0.2) is 4.39 Å². The predicted molar refractivity (Wildman–Crippen MR) is 80.6 cm³/mol. The average Bonchev–Trinajstić information content (AvgIpc) is 3.05. The van der Waals surface area contributed by atoms with E-state index in [0.29, 0.717) is 17.0 Å². The van der Waals surface area contributed by atoms with Crippen molar-refractivity contribution in [1.29, 1.82) is 0 Å². The lowest BCUT2D eigenvalue weighted by atomic mass is 10.2. The van der Waals surface area contributed by atoms with Gasteiger partial charge in [-0.2, -0.15) is 0 Å². The van der Waals surface area contributed by atoms with E-state index in [-0.39, 0.29) is 11.8 Å². The highest BCUT2D eigenvalue weighted by atomic mass is 19.1. The first-order valence-corrected chi connectivity index (χ1v) is 6.70. The SMILES string of the molecule is COc1cccc(-c2nnc(C(=O)Nc3cccc(F)c3)o2)c1. The predicted octanol–water partition coefficient (Wildman–Crippen LogP) is 3.14. The number of halogens is 1. The Bertz CT molecular complexity index is 848. The molecule has 0 aliphatic rings. The summed E-state index contributed by atoms with van der Waals surface area (Å²) < 4.78 is 23.6. The number of amides is 1. The number of aromatic nitrogens is 2. The molecule has 0 atom stereocenters. The van der Waals surface area contributed by atoms with Crippen LogP contribution >= 0.6 is 0 Å². The monoisotopic (exact) mass is 313 g/mol. The number of nitrogens with zero attached hydrogens (tertiary/aromatic N) is 2. The highest BCUT2D eigenvalue weighted by Gasteiger charge is 2.16. The van der Waals surface area contributed by atoms with Gasteiger partial charge in [0.1, 0.15) is 11.6 Å². The fourth-order valence-corrected chi connectivity index (χ4v) is 1.94. The van der Waals surface area contributed by atoms with Gasteiger partial charge < -0.3 is 14.5 Å². The molecule has 0 saturated heterocycles. The van der Waals surface area contributed by atoms with Crippen LogP contribution in [0.1, 0.15) is 10.7 Å². The van der Waals surface area contributed by atoms with Crippen LogP contribution in [-0.2, 0) is 0 Å². The minimum Gasteiger partial charge on any atom is -0.497 e. The van der Waals surface area contributed by atoms with Crippen molar-refractivity contribution in [2.75, 3.05) is 12.4 Å². The smallest absolute Gasteiger partial charge is 0.313 e. The standard InChI is InChI=1S/C16H12FN3O3/c1-22-13-7-2-4-10(8-13)15-19-20-16(23-15)14(21)18-12-6-3-5-11(17)9-12/h2-9H,1H3,(H,18,21). The number of nitrogens with one attached hydrogen (secondary N) is 1. The Morgan fingerprint density at radius 3 is 2.78 bits per heavy atom. The van der Waals surface area contributed by atoms with Crippen molar-refractivity contribution in [3.63, 3.8) is 0 Å². The number of hydrogen-bond acceptors (Lipinski definition) is 5. The zero-order chi connectivity index (χ0) is 16.2. The number of benzene rings is 2. The Morgan fingerprint density at radius 2 is 2.00 bits per heavy atom. The van der Waals surface area contributed by atoms with Crippen molar-refractivity contribution in [2.24, 2.45) is 0 Å². The lowest BCUT2D eigenvalue weighted by Gasteiger charge is -2.02. The van der Waals surface area contributed by atoms with E-state index in [4.69, 9.17) is 9.15 Å². The van der Waals surface area contributed by atoms with Crippen LogP contribution in [0.2, 0.25) is 0 Å². The number of methoxy groups -OCH3 is 1. The van der Waals surface area contributed by atoms with E-state index in [9.17, 15) is 9.18 Å². The third-order valence-electron chi connectivity index (χ3n) is 3.02. The third-order valence-corrected chi connectivity index (χ3v) is 3.02. The summed E-state index contributed by atoms with van der Waals surface area (Å²) in [5.41, 5.74) is 0.929. The third kappa shape index (κ3) is 3.34. The van der Waals surface area contributed by atoms with Crippen LogP contribution in [0.5, 0.6) is 5.75 Å². The van der Waals surface area contributed by atoms with Gasteiger partial charge in [0.15, 0.2) is 0 Å². The molecule has 1 heterocycles. The van der Waals surface area contributed by atoms with Gasteiger partial charge in [-0.3, -0.25) is 4.79 Å². The summed E-state index contributed by atoms with van der Waals surface area (Å²) in [6.07, 6.45) is 0. The maximum absolute atomic E-state index is 13.1. The first-order chi connectivity index (χ1) is 11.2. The molecule has 116 valence electrons. The molecular formula is C16H12FN3O3. The Morgan fingerprint density at radius 1 is 1.17 bits per heavy atom. The highest BCUT2D eigenvalue weighted by molar-refractivity contribution is 6.00. The van der Waals surface area contributed by atoms with Crippen LogP contribution in [0.15, 0.2) is 52.9 Å². The van der Waals surface area contributed by atoms with E-state index >= 15 is 0 Å². The molecule has 0 fully saturated rings. The molecule has 3 rings (SSSR count). The molecular weight excluding hydrogens is 301 g/mol.